The zero-order valence-electron chi connectivity index (χ0n) is 11.6. The van der Waals surface area contributed by atoms with Gasteiger partial charge in [0.25, 0.3) is 0 Å². The summed E-state index contributed by atoms with van der Waals surface area (Å²) in [6.07, 6.45) is 4.97. The lowest BCUT2D eigenvalue weighted by atomic mass is 9.59. The molecule has 0 saturated heterocycles. The first kappa shape index (κ1) is 13.1. The Balaban J connectivity index is 2.29. The highest BCUT2D eigenvalue weighted by molar-refractivity contribution is 5.29. The number of rotatable bonds is 1. The summed E-state index contributed by atoms with van der Waals surface area (Å²) in [5, 5.41) is 20.2. The summed E-state index contributed by atoms with van der Waals surface area (Å²) in [6.45, 7) is 8.23. The predicted octanol–water partition coefficient (Wildman–Crippen LogP) is 3.03. The minimum Gasteiger partial charge on any atom is -0.390 e. The molecule has 2 aliphatic carbocycles. The third-order valence-electron chi connectivity index (χ3n) is 5.17. The first-order chi connectivity index (χ1) is 7.74. The number of hydrogen-bond acceptors (Lipinski definition) is 2. The molecule has 3 atom stereocenters. The highest BCUT2D eigenvalue weighted by atomic mass is 16.3. The van der Waals surface area contributed by atoms with E-state index in [1.807, 2.05) is 13.8 Å². The summed E-state index contributed by atoms with van der Waals surface area (Å²) in [6, 6.07) is 0. The highest BCUT2D eigenvalue weighted by Gasteiger charge is 2.43. The second kappa shape index (κ2) is 4.10. The van der Waals surface area contributed by atoms with Crippen molar-refractivity contribution in [1.29, 1.82) is 0 Å². The summed E-state index contributed by atoms with van der Waals surface area (Å²) < 4.78 is 0. The molecule has 1 fully saturated rings. The van der Waals surface area contributed by atoms with E-state index in [-0.39, 0.29) is 11.5 Å². The molecular formula is C15H26O2. The lowest BCUT2D eigenvalue weighted by Crippen LogP contribution is -2.41. The van der Waals surface area contributed by atoms with Gasteiger partial charge in [-0.05, 0) is 69.8 Å². The van der Waals surface area contributed by atoms with Crippen molar-refractivity contribution in [2.45, 2.75) is 71.5 Å². The van der Waals surface area contributed by atoms with E-state index < -0.39 is 5.60 Å². The number of allylic oxidation sites excluding steroid dienone is 1. The predicted molar refractivity (Wildman–Crippen MR) is 69.7 cm³/mol. The van der Waals surface area contributed by atoms with Gasteiger partial charge in [-0.2, -0.15) is 0 Å². The van der Waals surface area contributed by atoms with Crippen LogP contribution in [0, 0.1) is 11.3 Å². The Labute approximate surface area is 105 Å². The molecular weight excluding hydrogens is 212 g/mol. The van der Waals surface area contributed by atoms with Gasteiger partial charge in [0, 0.05) is 0 Å². The molecule has 0 radical (unpaired) electrons. The normalized spacial score (nSPS) is 39.2. The fourth-order valence-electron chi connectivity index (χ4n) is 3.63. The van der Waals surface area contributed by atoms with Crippen molar-refractivity contribution in [3.63, 3.8) is 0 Å². The minimum absolute atomic E-state index is 0.251. The molecule has 0 bridgehead atoms. The number of aliphatic hydroxyl groups is 2. The van der Waals surface area contributed by atoms with E-state index in [1.54, 1.807) is 0 Å². The van der Waals surface area contributed by atoms with Gasteiger partial charge in [0.1, 0.15) is 0 Å². The topological polar surface area (TPSA) is 40.5 Å². The summed E-state index contributed by atoms with van der Waals surface area (Å²) >= 11 is 0. The molecule has 1 saturated carbocycles. The van der Waals surface area contributed by atoms with Gasteiger partial charge in [-0.15, -0.1) is 0 Å². The maximum Gasteiger partial charge on any atom is 0.0750 e. The van der Waals surface area contributed by atoms with E-state index in [1.165, 1.54) is 11.1 Å². The van der Waals surface area contributed by atoms with Crippen molar-refractivity contribution in [2.24, 2.45) is 11.3 Å². The fraction of sp³-hybridized carbons (Fsp3) is 0.867. The third kappa shape index (κ3) is 2.30. The Morgan fingerprint density at radius 3 is 2.41 bits per heavy atom. The average molecular weight is 238 g/mol. The molecule has 17 heavy (non-hydrogen) atoms. The van der Waals surface area contributed by atoms with Gasteiger partial charge in [-0.3, -0.25) is 0 Å². The summed E-state index contributed by atoms with van der Waals surface area (Å²) in [7, 11) is 0. The van der Waals surface area contributed by atoms with Crippen LogP contribution >= 0.6 is 0 Å². The molecule has 2 aliphatic rings. The smallest absolute Gasteiger partial charge is 0.0750 e. The van der Waals surface area contributed by atoms with Crippen molar-refractivity contribution >= 4 is 0 Å². The van der Waals surface area contributed by atoms with Crippen LogP contribution < -0.4 is 0 Å². The third-order valence-corrected chi connectivity index (χ3v) is 5.17. The monoisotopic (exact) mass is 238 g/mol. The standard InChI is InChI=1S/C15H26O2/c1-10-12-9-11(14(2,3)17)5-7-15(12,4)8-6-13(10)16/h11,13,16-17H,5-9H2,1-4H3/t11-,13+,15+/m1/s1. The molecule has 0 aromatic carbocycles. The fourth-order valence-corrected chi connectivity index (χ4v) is 3.63. The van der Waals surface area contributed by atoms with Gasteiger partial charge in [0.15, 0.2) is 0 Å². The second-order valence-electron chi connectivity index (χ2n) is 6.87. The molecule has 2 nitrogen and oxygen atoms in total. The molecule has 0 aliphatic heterocycles. The van der Waals surface area contributed by atoms with Crippen LogP contribution in [0.15, 0.2) is 11.1 Å². The minimum atomic E-state index is -0.600. The van der Waals surface area contributed by atoms with Crippen LogP contribution in [0.4, 0.5) is 0 Å². The Morgan fingerprint density at radius 1 is 1.24 bits per heavy atom. The molecule has 0 aromatic rings. The van der Waals surface area contributed by atoms with Crippen molar-refractivity contribution in [1.82, 2.24) is 0 Å². The van der Waals surface area contributed by atoms with E-state index in [4.69, 9.17) is 0 Å². The van der Waals surface area contributed by atoms with Crippen LogP contribution in [0.25, 0.3) is 0 Å². The molecule has 0 aromatic heterocycles. The van der Waals surface area contributed by atoms with E-state index in [9.17, 15) is 10.2 Å². The average Bonchev–Trinajstić information content (AvgIpc) is 2.22. The molecule has 2 heteroatoms. The summed E-state index contributed by atoms with van der Waals surface area (Å²) in [5.41, 5.74) is 2.28. The Kier molecular flexibility index (Phi) is 3.16. The van der Waals surface area contributed by atoms with Gasteiger partial charge >= 0.3 is 0 Å². The van der Waals surface area contributed by atoms with E-state index in [0.717, 1.165) is 32.1 Å². The molecule has 2 rings (SSSR count). The van der Waals surface area contributed by atoms with Gasteiger partial charge in [-0.25, -0.2) is 0 Å². The Bertz CT molecular complexity index is 337. The molecule has 98 valence electrons. The number of aliphatic hydroxyl groups excluding tert-OH is 1. The molecule has 0 spiro atoms. The molecule has 2 N–H and O–H groups in total. The van der Waals surface area contributed by atoms with Crippen molar-refractivity contribution < 1.29 is 10.2 Å². The van der Waals surface area contributed by atoms with Crippen LogP contribution in [0.2, 0.25) is 0 Å². The Hall–Kier alpha value is -0.340. The van der Waals surface area contributed by atoms with Gasteiger partial charge in [-0.1, -0.05) is 12.5 Å². The molecule has 0 amide bonds. The Morgan fingerprint density at radius 2 is 1.82 bits per heavy atom. The SMILES string of the molecule is CC1=C2C[C@H](C(C)(C)O)CC[C@@]2(C)CC[C@@H]1O. The maximum atomic E-state index is 10.2. The summed E-state index contributed by atoms with van der Waals surface area (Å²) in [5.74, 6) is 0.339. The van der Waals surface area contributed by atoms with Crippen LogP contribution in [0.3, 0.4) is 0 Å². The van der Waals surface area contributed by atoms with Crippen LogP contribution in [0.1, 0.15) is 59.8 Å². The number of hydrogen-bond donors (Lipinski definition) is 2. The second-order valence-corrected chi connectivity index (χ2v) is 6.87. The molecule has 0 heterocycles. The van der Waals surface area contributed by atoms with Gasteiger partial charge < -0.3 is 10.2 Å². The van der Waals surface area contributed by atoms with Crippen LogP contribution in [0.5, 0.6) is 0 Å². The van der Waals surface area contributed by atoms with Crippen molar-refractivity contribution in [3.05, 3.63) is 11.1 Å². The zero-order chi connectivity index (χ0) is 12.8. The van der Waals surface area contributed by atoms with E-state index in [2.05, 4.69) is 13.8 Å². The van der Waals surface area contributed by atoms with Gasteiger partial charge in [0.2, 0.25) is 0 Å². The quantitative estimate of drug-likeness (QED) is 0.689. The van der Waals surface area contributed by atoms with Crippen LogP contribution in [-0.2, 0) is 0 Å². The lowest BCUT2D eigenvalue weighted by molar-refractivity contribution is -0.00731. The largest absolute Gasteiger partial charge is 0.390 e. The van der Waals surface area contributed by atoms with Gasteiger partial charge in [0.05, 0.1) is 11.7 Å². The lowest BCUT2D eigenvalue weighted by Gasteiger charge is -2.47. The first-order valence-corrected chi connectivity index (χ1v) is 6.84. The first-order valence-electron chi connectivity index (χ1n) is 6.84. The molecule has 0 unspecified atom stereocenters. The summed E-state index contributed by atoms with van der Waals surface area (Å²) in [4.78, 5) is 0. The number of fused-ring (bicyclic) bond motifs is 1. The van der Waals surface area contributed by atoms with E-state index in [0.29, 0.717) is 5.92 Å². The van der Waals surface area contributed by atoms with Crippen molar-refractivity contribution in [2.75, 3.05) is 0 Å². The van der Waals surface area contributed by atoms with E-state index >= 15 is 0 Å². The zero-order valence-corrected chi connectivity index (χ0v) is 11.6. The highest BCUT2D eigenvalue weighted by Crippen LogP contribution is 2.52. The maximum absolute atomic E-state index is 10.2. The van der Waals surface area contributed by atoms with Crippen molar-refractivity contribution in [3.8, 4) is 0 Å². The van der Waals surface area contributed by atoms with Crippen LogP contribution in [-0.4, -0.2) is 21.9 Å².